The second kappa shape index (κ2) is 11.5. The molecule has 0 amide bonds. The van der Waals surface area contributed by atoms with E-state index in [1.807, 2.05) is 32.0 Å². The van der Waals surface area contributed by atoms with Crippen molar-refractivity contribution in [1.82, 2.24) is 9.97 Å². The molecule has 0 saturated carbocycles. The van der Waals surface area contributed by atoms with Crippen LogP contribution in [0.4, 0.5) is 10.2 Å². The Morgan fingerprint density at radius 3 is 2.60 bits per heavy atom. The Morgan fingerprint density at radius 2 is 1.90 bits per heavy atom. The van der Waals surface area contributed by atoms with Gasteiger partial charge in [0.1, 0.15) is 5.82 Å². The molecule has 1 aromatic carbocycles. The second-order valence-corrected chi connectivity index (χ2v) is 11.3. The standard InChI is InChI=1S/C33H36FN3O3/c1-6-23-18-24(40-33(4,5)39-23)14-15-27-30(21-10-12-22(34)13-11-21)26-8-7-9-28-25(16-17-29(36-28)35-19-38)32(26)37-31(27)20(2)3/h10-17,20,23-24H,6-9,18H2,1-5H3/b15-14+/t23-,24+/m0/s1. The smallest absolute Gasteiger partial charge is 0.242 e. The first kappa shape index (κ1) is 28.0. The van der Waals surface area contributed by atoms with Crippen LogP contribution in [-0.2, 0) is 27.1 Å². The van der Waals surface area contributed by atoms with E-state index in [1.54, 1.807) is 12.1 Å². The monoisotopic (exact) mass is 541 g/mol. The van der Waals surface area contributed by atoms with E-state index in [2.05, 4.69) is 42.9 Å². The summed E-state index contributed by atoms with van der Waals surface area (Å²) in [6.07, 6.45) is 9.97. The van der Waals surface area contributed by atoms with E-state index in [1.165, 1.54) is 12.1 Å². The van der Waals surface area contributed by atoms with Gasteiger partial charge in [0.05, 0.1) is 29.3 Å². The van der Waals surface area contributed by atoms with Gasteiger partial charge in [-0.15, -0.1) is 4.99 Å². The van der Waals surface area contributed by atoms with Crippen molar-refractivity contribution in [2.75, 3.05) is 0 Å². The fraction of sp³-hybridized carbons (Fsp3) is 0.424. The first-order valence-corrected chi connectivity index (χ1v) is 14.1. The molecule has 1 aliphatic heterocycles. The molecule has 5 rings (SSSR count). The highest BCUT2D eigenvalue weighted by Gasteiger charge is 2.34. The Labute approximate surface area is 235 Å². The Kier molecular flexibility index (Phi) is 8.09. The third-order valence-electron chi connectivity index (χ3n) is 7.57. The van der Waals surface area contributed by atoms with Crippen LogP contribution < -0.4 is 0 Å². The van der Waals surface area contributed by atoms with Crippen LogP contribution in [0.3, 0.4) is 0 Å². The number of benzene rings is 1. The molecule has 1 aliphatic carbocycles. The average Bonchev–Trinajstić information content (AvgIpc) is 3.09. The minimum absolute atomic E-state index is 0.102. The highest BCUT2D eigenvalue weighted by Crippen LogP contribution is 2.42. The van der Waals surface area contributed by atoms with E-state index >= 15 is 0 Å². The number of aromatic nitrogens is 2. The van der Waals surface area contributed by atoms with Crippen LogP contribution in [0.15, 0.2) is 47.5 Å². The Balaban J connectivity index is 1.72. The van der Waals surface area contributed by atoms with Gasteiger partial charge >= 0.3 is 0 Å². The summed E-state index contributed by atoms with van der Waals surface area (Å²) >= 11 is 0. The number of halogens is 1. The van der Waals surface area contributed by atoms with Gasteiger partial charge in [-0.25, -0.2) is 14.2 Å². The number of aryl methyl sites for hydroxylation is 1. The van der Waals surface area contributed by atoms with Crippen molar-refractivity contribution in [3.05, 3.63) is 70.8 Å². The fourth-order valence-electron chi connectivity index (χ4n) is 5.84. The lowest BCUT2D eigenvalue weighted by atomic mass is 9.86. The van der Waals surface area contributed by atoms with E-state index in [0.29, 0.717) is 5.82 Å². The molecule has 3 heterocycles. The van der Waals surface area contributed by atoms with Gasteiger partial charge in [0.25, 0.3) is 0 Å². The molecule has 7 heteroatoms. The quantitative estimate of drug-likeness (QED) is 0.235. The van der Waals surface area contributed by atoms with Crippen LogP contribution in [-0.4, -0.2) is 34.0 Å². The molecule has 2 aromatic heterocycles. The highest BCUT2D eigenvalue weighted by atomic mass is 19.1. The van der Waals surface area contributed by atoms with Crippen molar-refractivity contribution < 1.29 is 18.7 Å². The minimum atomic E-state index is -0.663. The van der Waals surface area contributed by atoms with Gasteiger partial charge in [0.2, 0.25) is 6.08 Å². The maximum Gasteiger partial charge on any atom is 0.242 e. The SMILES string of the molecule is CC[C@H]1C[C@@H](/C=C/c2c(C(C)C)nc3c(c2-c2ccc(F)cc2)CCCc2nc(N=C=O)ccc2-3)OC(C)(C)O1. The zero-order valence-electron chi connectivity index (χ0n) is 23.8. The number of isocyanates is 1. The third-order valence-corrected chi connectivity index (χ3v) is 7.57. The normalized spacial score (nSPS) is 20.1. The van der Waals surface area contributed by atoms with Gasteiger partial charge in [-0.3, -0.25) is 4.98 Å². The number of carbonyl (C=O) groups excluding carboxylic acids is 1. The lowest BCUT2D eigenvalue weighted by Crippen LogP contribution is -2.43. The zero-order chi connectivity index (χ0) is 28.4. The van der Waals surface area contributed by atoms with E-state index in [0.717, 1.165) is 77.0 Å². The lowest BCUT2D eigenvalue weighted by Gasteiger charge is -2.39. The third kappa shape index (κ3) is 5.83. The van der Waals surface area contributed by atoms with Gasteiger partial charge < -0.3 is 9.47 Å². The van der Waals surface area contributed by atoms with Crippen LogP contribution in [0, 0.1) is 5.82 Å². The van der Waals surface area contributed by atoms with Crippen molar-refractivity contribution in [2.24, 2.45) is 4.99 Å². The summed E-state index contributed by atoms with van der Waals surface area (Å²) in [4.78, 5) is 24.5. The molecule has 40 heavy (non-hydrogen) atoms. The van der Waals surface area contributed by atoms with Crippen molar-refractivity contribution in [3.8, 4) is 22.4 Å². The molecule has 2 aliphatic rings. The number of hydrogen-bond donors (Lipinski definition) is 0. The molecule has 2 atom stereocenters. The molecule has 1 fully saturated rings. The maximum absolute atomic E-state index is 14.0. The predicted molar refractivity (Wildman–Crippen MR) is 155 cm³/mol. The maximum atomic E-state index is 14.0. The summed E-state index contributed by atoms with van der Waals surface area (Å²) in [5, 5.41) is 0. The van der Waals surface area contributed by atoms with Crippen LogP contribution in [0.5, 0.6) is 0 Å². The molecule has 0 unspecified atom stereocenters. The van der Waals surface area contributed by atoms with Gasteiger partial charge in [-0.05, 0) is 86.4 Å². The largest absolute Gasteiger partial charge is 0.347 e. The first-order valence-electron chi connectivity index (χ1n) is 14.1. The summed E-state index contributed by atoms with van der Waals surface area (Å²) in [6.45, 7) is 10.3. The number of pyridine rings is 2. The van der Waals surface area contributed by atoms with Crippen molar-refractivity contribution in [3.63, 3.8) is 0 Å². The Hall–Kier alpha value is -3.51. The summed E-state index contributed by atoms with van der Waals surface area (Å²) in [5.41, 5.74) is 7.80. The first-order chi connectivity index (χ1) is 19.2. The molecule has 0 bridgehead atoms. The van der Waals surface area contributed by atoms with Crippen molar-refractivity contribution >= 4 is 18.0 Å². The average molecular weight is 542 g/mol. The number of ether oxygens (including phenoxy) is 2. The number of fused-ring (bicyclic) bond motifs is 3. The van der Waals surface area contributed by atoms with Crippen molar-refractivity contribution in [2.45, 2.75) is 90.6 Å². The Morgan fingerprint density at radius 1 is 1.12 bits per heavy atom. The van der Waals surface area contributed by atoms with E-state index in [4.69, 9.17) is 14.5 Å². The molecular formula is C33H36FN3O3. The number of hydrogen-bond acceptors (Lipinski definition) is 6. The molecule has 1 saturated heterocycles. The molecular weight excluding hydrogens is 505 g/mol. The zero-order valence-corrected chi connectivity index (χ0v) is 23.8. The number of rotatable bonds is 6. The molecule has 6 nitrogen and oxygen atoms in total. The molecule has 3 aromatic rings. The highest BCUT2D eigenvalue weighted by molar-refractivity contribution is 5.85. The Bertz CT molecular complexity index is 1470. The van der Waals surface area contributed by atoms with Gasteiger partial charge in [-0.1, -0.05) is 45.1 Å². The van der Waals surface area contributed by atoms with Crippen molar-refractivity contribution in [1.29, 1.82) is 0 Å². The summed E-state index contributed by atoms with van der Waals surface area (Å²) in [7, 11) is 0. The van der Waals surface area contributed by atoms with Gasteiger partial charge in [0.15, 0.2) is 11.6 Å². The number of aliphatic imine (C=N–C) groups is 1. The van der Waals surface area contributed by atoms with E-state index in [-0.39, 0.29) is 23.9 Å². The van der Waals surface area contributed by atoms with Crippen LogP contribution in [0.25, 0.3) is 28.5 Å². The van der Waals surface area contributed by atoms with Crippen LogP contribution in [0.1, 0.15) is 82.3 Å². The minimum Gasteiger partial charge on any atom is -0.347 e. The van der Waals surface area contributed by atoms with Gasteiger partial charge in [-0.2, -0.15) is 0 Å². The molecule has 0 radical (unpaired) electrons. The number of nitrogens with zero attached hydrogens (tertiary/aromatic N) is 3. The molecule has 0 spiro atoms. The predicted octanol–water partition coefficient (Wildman–Crippen LogP) is 7.86. The topological polar surface area (TPSA) is 73.7 Å². The summed E-state index contributed by atoms with van der Waals surface area (Å²) in [6, 6.07) is 10.4. The summed E-state index contributed by atoms with van der Waals surface area (Å²) < 4.78 is 26.4. The van der Waals surface area contributed by atoms with E-state index in [9.17, 15) is 9.18 Å². The van der Waals surface area contributed by atoms with E-state index < -0.39 is 5.79 Å². The second-order valence-electron chi connectivity index (χ2n) is 11.3. The van der Waals surface area contributed by atoms with Crippen LogP contribution in [0.2, 0.25) is 0 Å². The molecule has 0 N–H and O–H groups in total. The lowest BCUT2D eigenvalue weighted by molar-refractivity contribution is -0.290. The van der Waals surface area contributed by atoms with Gasteiger partial charge in [0, 0.05) is 17.5 Å². The fourth-order valence-corrected chi connectivity index (χ4v) is 5.84. The van der Waals surface area contributed by atoms with Crippen LogP contribution >= 0.6 is 0 Å². The summed E-state index contributed by atoms with van der Waals surface area (Å²) in [5.74, 6) is -0.460. The molecule has 208 valence electrons.